The highest BCUT2D eigenvalue weighted by Crippen LogP contribution is 2.10. The fourth-order valence-corrected chi connectivity index (χ4v) is 1.64. The van der Waals surface area contributed by atoms with Crippen LogP contribution in [0.4, 0.5) is 0 Å². The van der Waals surface area contributed by atoms with Gasteiger partial charge in [0, 0.05) is 0 Å². The number of aryl methyl sites for hydroxylation is 1. The van der Waals surface area contributed by atoms with E-state index < -0.39 is 12.2 Å². The van der Waals surface area contributed by atoms with Gasteiger partial charge in [0.05, 0.1) is 12.2 Å². The summed E-state index contributed by atoms with van der Waals surface area (Å²) in [6.45, 7) is 2.01. The van der Waals surface area contributed by atoms with Crippen LogP contribution in [0.5, 0.6) is 0 Å². The summed E-state index contributed by atoms with van der Waals surface area (Å²) in [5, 5.41) is 19.2. The van der Waals surface area contributed by atoms with Gasteiger partial charge in [-0.25, -0.2) is 0 Å². The molecule has 0 spiro atoms. The molecule has 2 N–H and O–H groups in total. The molecule has 0 amide bonds. The van der Waals surface area contributed by atoms with Gasteiger partial charge in [-0.05, 0) is 24.8 Å². The van der Waals surface area contributed by atoms with Crippen LogP contribution in [0.3, 0.4) is 0 Å². The third-order valence-corrected chi connectivity index (χ3v) is 2.60. The average Bonchev–Trinajstić information content (AvgIpc) is 2.27. The van der Waals surface area contributed by atoms with Crippen molar-refractivity contribution < 1.29 is 10.2 Å². The number of aliphatic hydroxyl groups excluding tert-OH is 2. The van der Waals surface area contributed by atoms with Gasteiger partial charge in [0.2, 0.25) is 0 Å². The van der Waals surface area contributed by atoms with Crippen molar-refractivity contribution in [3.8, 4) is 0 Å². The van der Waals surface area contributed by atoms with Crippen LogP contribution in [0.25, 0.3) is 0 Å². The van der Waals surface area contributed by atoms with Gasteiger partial charge in [-0.1, -0.05) is 43.7 Å². The van der Waals surface area contributed by atoms with E-state index in [-0.39, 0.29) is 0 Å². The second kappa shape index (κ2) is 6.59. The van der Waals surface area contributed by atoms with E-state index in [1.54, 1.807) is 0 Å². The van der Waals surface area contributed by atoms with Crippen molar-refractivity contribution >= 4 is 0 Å². The Kier molecular flexibility index (Phi) is 5.37. The Labute approximate surface area is 91.6 Å². The zero-order valence-electron chi connectivity index (χ0n) is 9.26. The van der Waals surface area contributed by atoms with Crippen LogP contribution < -0.4 is 0 Å². The lowest BCUT2D eigenvalue weighted by Crippen LogP contribution is -2.26. The van der Waals surface area contributed by atoms with E-state index in [1.807, 2.05) is 37.3 Å². The summed E-state index contributed by atoms with van der Waals surface area (Å²) < 4.78 is 0. The summed E-state index contributed by atoms with van der Waals surface area (Å²) in [5.41, 5.74) is 1.21. The lowest BCUT2D eigenvalue weighted by Gasteiger charge is -2.16. The minimum absolute atomic E-state index is 0.571. The molecular formula is C13H20O2. The first-order chi connectivity index (χ1) is 7.24. The van der Waals surface area contributed by atoms with E-state index in [0.29, 0.717) is 12.8 Å². The Morgan fingerprint density at radius 3 is 2.20 bits per heavy atom. The van der Waals surface area contributed by atoms with Crippen molar-refractivity contribution in [1.29, 1.82) is 0 Å². The fraction of sp³-hybridized carbons (Fsp3) is 0.538. The van der Waals surface area contributed by atoms with Gasteiger partial charge < -0.3 is 10.2 Å². The Balaban J connectivity index is 2.31. The van der Waals surface area contributed by atoms with Crippen molar-refractivity contribution in [3.05, 3.63) is 35.9 Å². The molecule has 0 radical (unpaired) electrons. The molecule has 1 rings (SSSR count). The number of hydrogen-bond acceptors (Lipinski definition) is 2. The van der Waals surface area contributed by atoms with E-state index in [1.165, 1.54) is 5.56 Å². The predicted molar refractivity (Wildman–Crippen MR) is 61.7 cm³/mol. The molecule has 15 heavy (non-hydrogen) atoms. The van der Waals surface area contributed by atoms with Crippen LogP contribution in [0, 0.1) is 0 Å². The SMILES string of the molecule is CCCC(O)C(O)CCc1ccccc1. The first kappa shape index (κ1) is 12.2. The molecular weight excluding hydrogens is 188 g/mol. The molecule has 2 heteroatoms. The normalized spacial score (nSPS) is 14.9. The molecule has 2 nitrogen and oxygen atoms in total. The molecule has 0 aromatic heterocycles. The monoisotopic (exact) mass is 208 g/mol. The highest BCUT2D eigenvalue weighted by molar-refractivity contribution is 5.14. The molecule has 0 saturated heterocycles. The van der Waals surface area contributed by atoms with Crippen molar-refractivity contribution in [2.24, 2.45) is 0 Å². The molecule has 1 aromatic rings. The van der Waals surface area contributed by atoms with E-state index in [0.717, 1.165) is 12.8 Å². The summed E-state index contributed by atoms with van der Waals surface area (Å²) in [5.74, 6) is 0. The summed E-state index contributed by atoms with van der Waals surface area (Å²) in [6.07, 6.45) is 1.87. The molecule has 2 atom stereocenters. The van der Waals surface area contributed by atoms with E-state index in [4.69, 9.17) is 0 Å². The second-order valence-electron chi connectivity index (χ2n) is 3.95. The molecule has 84 valence electrons. The Bertz CT molecular complexity index is 258. The first-order valence-electron chi connectivity index (χ1n) is 5.64. The van der Waals surface area contributed by atoms with Gasteiger partial charge in [-0.2, -0.15) is 0 Å². The maximum absolute atomic E-state index is 9.66. The topological polar surface area (TPSA) is 40.5 Å². The molecule has 0 aliphatic rings. The van der Waals surface area contributed by atoms with Crippen LogP contribution in [0.1, 0.15) is 31.7 Å². The lowest BCUT2D eigenvalue weighted by molar-refractivity contribution is 0.00981. The van der Waals surface area contributed by atoms with Gasteiger partial charge in [-0.3, -0.25) is 0 Å². The van der Waals surface area contributed by atoms with Crippen LogP contribution in [-0.4, -0.2) is 22.4 Å². The Morgan fingerprint density at radius 1 is 1.00 bits per heavy atom. The maximum Gasteiger partial charge on any atom is 0.0802 e. The minimum Gasteiger partial charge on any atom is -0.390 e. The zero-order valence-corrected chi connectivity index (χ0v) is 9.26. The molecule has 0 saturated carbocycles. The number of hydrogen-bond donors (Lipinski definition) is 2. The molecule has 2 unspecified atom stereocenters. The summed E-state index contributed by atoms with van der Waals surface area (Å²) in [4.78, 5) is 0. The smallest absolute Gasteiger partial charge is 0.0802 e. The average molecular weight is 208 g/mol. The predicted octanol–water partition coefficient (Wildman–Crippen LogP) is 2.14. The number of aliphatic hydroxyl groups is 2. The van der Waals surface area contributed by atoms with E-state index in [2.05, 4.69) is 0 Å². The van der Waals surface area contributed by atoms with Gasteiger partial charge in [-0.15, -0.1) is 0 Å². The lowest BCUT2D eigenvalue weighted by atomic mass is 10.0. The summed E-state index contributed by atoms with van der Waals surface area (Å²) >= 11 is 0. The Morgan fingerprint density at radius 2 is 1.60 bits per heavy atom. The van der Waals surface area contributed by atoms with Crippen molar-refractivity contribution in [2.45, 2.75) is 44.8 Å². The third kappa shape index (κ3) is 4.45. The third-order valence-electron chi connectivity index (χ3n) is 2.60. The van der Waals surface area contributed by atoms with Crippen molar-refractivity contribution in [3.63, 3.8) is 0 Å². The van der Waals surface area contributed by atoms with Gasteiger partial charge in [0.25, 0.3) is 0 Å². The molecule has 0 fully saturated rings. The van der Waals surface area contributed by atoms with Crippen LogP contribution >= 0.6 is 0 Å². The zero-order chi connectivity index (χ0) is 11.1. The number of benzene rings is 1. The van der Waals surface area contributed by atoms with Crippen LogP contribution in [0.15, 0.2) is 30.3 Å². The van der Waals surface area contributed by atoms with Crippen LogP contribution in [-0.2, 0) is 6.42 Å². The van der Waals surface area contributed by atoms with Crippen molar-refractivity contribution in [1.82, 2.24) is 0 Å². The van der Waals surface area contributed by atoms with E-state index in [9.17, 15) is 10.2 Å². The summed E-state index contributed by atoms with van der Waals surface area (Å²) in [6, 6.07) is 10.0. The highest BCUT2D eigenvalue weighted by Gasteiger charge is 2.14. The molecule has 0 bridgehead atoms. The first-order valence-corrected chi connectivity index (χ1v) is 5.64. The molecule has 1 aromatic carbocycles. The van der Waals surface area contributed by atoms with Gasteiger partial charge >= 0.3 is 0 Å². The minimum atomic E-state index is -0.592. The second-order valence-corrected chi connectivity index (χ2v) is 3.95. The summed E-state index contributed by atoms with van der Waals surface area (Å²) in [7, 11) is 0. The van der Waals surface area contributed by atoms with Crippen LogP contribution in [0.2, 0.25) is 0 Å². The Hall–Kier alpha value is -0.860. The van der Waals surface area contributed by atoms with Gasteiger partial charge in [0.1, 0.15) is 0 Å². The molecule has 0 aliphatic carbocycles. The quantitative estimate of drug-likeness (QED) is 0.752. The maximum atomic E-state index is 9.66. The standard InChI is InChI=1S/C13H20O2/c1-2-6-12(14)13(15)10-9-11-7-4-3-5-8-11/h3-5,7-8,12-15H,2,6,9-10H2,1H3. The highest BCUT2D eigenvalue weighted by atomic mass is 16.3. The number of rotatable bonds is 6. The van der Waals surface area contributed by atoms with Crippen molar-refractivity contribution in [2.75, 3.05) is 0 Å². The fourth-order valence-electron chi connectivity index (χ4n) is 1.64. The molecule has 0 heterocycles. The molecule has 0 aliphatic heterocycles. The van der Waals surface area contributed by atoms with Gasteiger partial charge in [0.15, 0.2) is 0 Å². The largest absolute Gasteiger partial charge is 0.390 e. The van der Waals surface area contributed by atoms with E-state index >= 15 is 0 Å².